The number of hydrogen-bond acceptors (Lipinski definition) is 4. The summed E-state index contributed by atoms with van der Waals surface area (Å²) >= 11 is 0. The van der Waals surface area contributed by atoms with Crippen LogP contribution in [0.2, 0.25) is 0 Å². The van der Waals surface area contributed by atoms with Gasteiger partial charge in [-0.05, 0) is 38.1 Å². The quantitative estimate of drug-likeness (QED) is 0.886. The van der Waals surface area contributed by atoms with Gasteiger partial charge in [0.25, 0.3) is 0 Å². The number of methoxy groups -OCH3 is 2. The van der Waals surface area contributed by atoms with E-state index in [1.807, 2.05) is 25.2 Å². The fourth-order valence-electron chi connectivity index (χ4n) is 2.56. The van der Waals surface area contributed by atoms with Crippen LogP contribution in [0.3, 0.4) is 0 Å². The van der Waals surface area contributed by atoms with E-state index in [1.165, 1.54) is 0 Å². The molecule has 1 aromatic rings. The lowest BCUT2D eigenvalue weighted by Crippen LogP contribution is -2.29. The smallest absolute Gasteiger partial charge is 0.122 e. The van der Waals surface area contributed by atoms with Gasteiger partial charge in [0.15, 0.2) is 0 Å². The second-order valence-corrected chi connectivity index (χ2v) is 5.10. The monoisotopic (exact) mass is 251 g/mol. The molecule has 0 aliphatic carbocycles. The van der Waals surface area contributed by atoms with Crippen molar-refractivity contribution in [3.05, 3.63) is 23.8 Å². The Labute approximate surface area is 108 Å². The molecule has 1 fully saturated rings. The lowest BCUT2D eigenvalue weighted by molar-refractivity contribution is 0.0481. The highest BCUT2D eigenvalue weighted by molar-refractivity contribution is 5.41. The number of likely N-dealkylation sites (N-methyl/N-ethyl adjacent to an activating group) is 1. The van der Waals surface area contributed by atoms with E-state index < -0.39 is 5.60 Å². The molecule has 1 aromatic carbocycles. The van der Waals surface area contributed by atoms with Crippen molar-refractivity contribution in [1.82, 2.24) is 4.90 Å². The Bertz CT molecular complexity index is 401. The lowest BCUT2D eigenvalue weighted by atomic mass is 9.91. The second-order valence-electron chi connectivity index (χ2n) is 5.10. The van der Waals surface area contributed by atoms with Gasteiger partial charge in [0.1, 0.15) is 17.1 Å². The Morgan fingerprint density at radius 3 is 2.17 bits per heavy atom. The fraction of sp³-hybridized carbons (Fsp3) is 0.571. The molecule has 4 heteroatoms. The van der Waals surface area contributed by atoms with Gasteiger partial charge in [-0.15, -0.1) is 0 Å². The van der Waals surface area contributed by atoms with Crippen LogP contribution in [0.15, 0.2) is 18.2 Å². The van der Waals surface area contributed by atoms with Crippen LogP contribution in [0.5, 0.6) is 11.5 Å². The summed E-state index contributed by atoms with van der Waals surface area (Å²) in [6.45, 7) is 2.75. The summed E-state index contributed by atoms with van der Waals surface area (Å²) in [5.74, 6) is 1.42. The van der Waals surface area contributed by atoms with E-state index in [2.05, 4.69) is 11.8 Å². The standard InChI is InChI=1S/C14H21NO3/c1-10-8-14(16,9-15(10)2)11-5-12(17-3)7-13(6-11)18-4/h5-7,10,16H,8-9H2,1-4H3. The zero-order valence-corrected chi connectivity index (χ0v) is 11.4. The van der Waals surface area contributed by atoms with Crippen molar-refractivity contribution in [3.8, 4) is 11.5 Å². The van der Waals surface area contributed by atoms with E-state index in [1.54, 1.807) is 14.2 Å². The number of rotatable bonds is 3. The van der Waals surface area contributed by atoms with Crippen LogP contribution in [-0.2, 0) is 5.60 Å². The average Bonchev–Trinajstić information content (AvgIpc) is 2.63. The number of aliphatic hydroxyl groups is 1. The topological polar surface area (TPSA) is 41.9 Å². The first kappa shape index (κ1) is 13.2. The summed E-state index contributed by atoms with van der Waals surface area (Å²) in [7, 11) is 5.26. The number of β-amino-alcohol motifs (C(OH)–C–C–N with tert-alkyl or cyclic N) is 1. The molecule has 0 aromatic heterocycles. The van der Waals surface area contributed by atoms with Crippen molar-refractivity contribution in [2.24, 2.45) is 0 Å². The van der Waals surface area contributed by atoms with Gasteiger partial charge in [-0.3, -0.25) is 0 Å². The minimum absolute atomic E-state index is 0.368. The van der Waals surface area contributed by atoms with Gasteiger partial charge < -0.3 is 19.5 Å². The van der Waals surface area contributed by atoms with E-state index in [0.717, 1.165) is 12.0 Å². The van der Waals surface area contributed by atoms with Crippen molar-refractivity contribution in [2.75, 3.05) is 27.8 Å². The zero-order valence-electron chi connectivity index (χ0n) is 11.4. The van der Waals surface area contributed by atoms with E-state index in [9.17, 15) is 5.11 Å². The van der Waals surface area contributed by atoms with Crippen LogP contribution >= 0.6 is 0 Å². The van der Waals surface area contributed by atoms with Crippen molar-refractivity contribution in [1.29, 1.82) is 0 Å². The lowest BCUT2D eigenvalue weighted by Gasteiger charge is -2.24. The van der Waals surface area contributed by atoms with Gasteiger partial charge in [0.2, 0.25) is 0 Å². The van der Waals surface area contributed by atoms with E-state index in [-0.39, 0.29) is 0 Å². The Hall–Kier alpha value is -1.26. The molecule has 2 atom stereocenters. The van der Waals surface area contributed by atoms with Gasteiger partial charge >= 0.3 is 0 Å². The largest absolute Gasteiger partial charge is 0.497 e. The Morgan fingerprint density at radius 1 is 1.22 bits per heavy atom. The molecule has 0 spiro atoms. The highest BCUT2D eigenvalue weighted by Gasteiger charge is 2.40. The van der Waals surface area contributed by atoms with Crippen LogP contribution < -0.4 is 9.47 Å². The molecule has 1 saturated heterocycles. The third-order valence-electron chi connectivity index (χ3n) is 3.79. The summed E-state index contributed by atoms with van der Waals surface area (Å²) < 4.78 is 10.5. The molecule has 18 heavy (non-hydrogen) atoms. The molecule has 1 N–H and O–H groups in total. The molecule has 0 amide bonds. The third-order valence-corrected chi connectivity index (χ3v) is 3.79. The first-order valence-electron chi connectivity index (χ1n) is 6.14. The van der Waals surface area contributed by atoms with Crippen molar-refractivity contribution in [2.45, 2.75) is 25.0 Å². The normalized spacial score (nSPS) is 28.4. The summed E-state index contributed by atoms with van der Waals surface area (Å²) in [4.78, 5) is 2.16. The van der Waals surface area contributed by atoms with Gasteiger partial charge in [0, 0.05) is 18.7 Å². The van der Waals surface area contributed by atoms with Crippen LogP contribution in [0, 0.1) is 0 Å². The predicted molar refractivity (Wildman–Crippen MR) is 70.2 cm³/mol. The number of hydrogen-bond donors (Lipinski definition) is 1. The molecule has 4 nitrogen and oxygen atoms in total. The van der Waals surface area contributed by atoms with Crippen molar-refractivity contribution < 1.29 is 14.6 Å². The predicted octanol–water partition coefficient (Wildman–Crippen LogP) is 1.62. The highest BCUT2D eigenvalue weighted by atomic mass is 16.5. The first-order valence-corrected chi connectivity index (χ1v) is 6.14. The van der Waals surface area contributed by atoms with Crippen LogP contribution in [-0.4, -0.2) is 43.9 Å². The molecular weight excluding hydrogens is 230 g/mol. The van der Waals surface area contributed by atoms with Crippen LogP contribution in [0.4, 0.5) is 0 Å². The van der Waals surface area contributed by atoms with E-state index in [0.29, 0.717) is 24.1 Å². The van der Waals surface area contributed by atoms with Gasteiger partial charge in [-0.25, -0.2) is 0 Å². The molecule has 100 valence electrons. The SMILES string of the molecule is COc1cc(OC)cc(C2(O)CC(C)N(C)C2)c1. The number of benzene rings is 1. The maximum absolute atomic E-state index is 10.8. The van der Waals surface area contributed by atoms with Crippen molar-refractivity contribution >= 4 is 0 Å². The highest BCUT2D eigenvalue weighted by Crippen LogP contribution is 2.38. The third kappa shape index (κ3) is 2.31. The average molecular weight is 251 g/mol. The summed E-state index contributed by atoms with van der Waals surface area (Å²) in [6.07, 6.45) is 0.722. The summed E-state index contributed by atoms with van der Waals surface area (Å²) in [5, 5.41) is 10.8. The van der Waals surface area contributed by atoms with Crippen LogP contribution in [0.25, 0.3) is 0 Å². The summed E-state index contributed by atoms with van der Waals surface area (Å²) in [5.41, 5.74) is 0.0330. The zero-order chi connectivity index (χ0) is 13.3. The van der Waals surface area contributed by atoms with Gasteiger partial charge in [0.05, 0.1) is 14.2 Å². The fourth-order valence-corrected chi connectivity index (χ4v) is 2.56. The maximum Gasteiger partial charge on any atom is 0.122 e. The molecular formula is C14H21NO3. The molecule has 0 radical (unpaired) electrons. The van der Waals surface area contributed by atoms with Gasteiger partial charge in [-0.2, -0.15) is 0 Å². The minimum Gasteiger partial charge on any atom is -0.497 e. The second kappa shape index (κ2) is 4.78. The molecule has 1 aliphatic heterocycles. The molecule has 2 rings (SSSR count). The summed E-state index contributed by atoms with van der Waals surface area (Å²) in [6, 6.07) is 5.95. The maximum atomic E-state index is 10.8. The van der Waals surface area contributed by atoms with Crippen molar-refractivity contribution in [3.63, 3.8) is 0 Å². The molecule has 0 saturated carbocycles. The number of ether oxygens (including phenoxy) is 2. The van der Waals surface area contributed by atoms with E-state index in [4.69, 9.17) is 9.47 Å². The molecule has 1 heterocycles. The Kier molecular flexibility index (Phi) is 3.50. The Balaban J connectivity index is 2.38. The molecule has 1 aliphatic rings. The number of likely N-dealkylation sites (tertiary alicyclic amines) is 1. The van der Waals surface area contributed by atoms with Gasteiger partial charge in [-0.1, -0.05) is 0 Å². The number of nitrogens with zero attached hydrogens (tertiary/aromatic N) is 1. The first-order chi connectivity index (χ1) is 8.48. The van der Waals surface area contributed by atoms with E-state index >= 15 is 0 Å². The Morgan fingerprint density at radius 2 is 1.78 bits per heavy atom. The molecule has 0 bridgehead atoms. The molecule has 2 unspecified atom stereocenters. The minimum atomic E-state index is -0.823. The van der Waals surface area contributed by atoms with Crippen LogP contribution in [0.1, 0.15) is 18.9 Å².